The van der Waals surface area contributed by atoms with Crippen LogP contribution in [0, 0.1) is 11.8 Å². The summed E-state index contributed by atoms with van der Waals surface area (Å²) in [6, 6.07) is 15.0. The maximum atomic E-state index is 13.0. The summed E-state index contributed by atoms with van der Waals surface area (Å²) in [5.74, 6) is 0.201. The first-order valence-corrected chi connectivity index (χ1v) is 10.9. The minimum Gasteiger partial charge on any atom is -0.396 e. The van der Waals surface area contributed by atoms with Gasteiger partial charge in [-0.1, -0.05) is 25.1 Å². The first kappa shape index (κ1) is 20.4. The Bertz CT molecular complexity index is 913. The number of hydrogen-bond donors (Lipinski definition) is 1. The Labute approximate surface area is 166 Å². The summed E-state index contributed by atoms with van der Waals surface area (Å²) in [7, 11) is -3.71. The van der Waals surface area contributed by atoms with Crippen LogP contribution in [0.1, 0.15) is 24.2 Å². The quantitative estimate of drug-likeness (QED) is 0.806. The Balaban J connectivity index is 1.81. The molecule has 0 saturated carbocycles. The number of carbonyl (C=O) groups is 1. The molecule has 0 bridgehead atoms. The third kappa shape index (κ3) is 3.91. The highest BCUT2D eigenvalue weighted by Gasteiger charge is 2.32. The number of hydrogen-bond acceptors (Lipinski definition) is 4. The van der Waals surface area contributed by atoms with Crippen molar-refractivity contribution in [3.05, 3.63) is 60.2 Å². The summed E-state index contributed by atoms with van der Waals surface area (Å²) >= 11 is 0. The van der Waals surface area contributed by atoms with Crippen LogP contribution in [0.25, 0.3) is 0 Å². The maximum absolute atomic E-state index is 13.0. The fourth-order valence-corrected chi connectivity index (χ4v) is 5.08. The lowest BCUT2D eigenvalue weighted by Gasteiger charge is -2.23. The van der Waals surface area contributed by atoms with Gasteiger partial charge in [0.05, 0.1) is 10.6 Å². The molecular formula is C21H26N2O4S. The van der Waals surface area contributed by atoms with E-state index in [1.807, 2.05) is 13.0 Å². The Morgan fingerprint density at radius 1 is 1.11 bits per heavy atom. The minimum absolute atomic E-state index is 0.0640. The average Bonchev–Trinajstić information content (AvgIpc) is 3.09. The Kier molecular flexibility index (Phi) is 6.05. The number of benzene rings is 2. The van der Waals surface area contributed by atoms with Gasteiger partial charge in [0.25, 0.3) is 15.9 Å². The van der Waals surface area contributed by atoms with Gasteiger partial charge in [-0.25, -0.2) is 8.42 Å². The second-order valence-corrected chi connectivity index (χ2v) is 9.02. The molecule has 0 spiro atoms. The lowest BCUT2D eigenvalue weighted by atomic mass is 10.00. The molecule has 1 amide bonds. The van der Waals surface area contributed by atoms with Crippen LogP contribution >= 0.6 is 0 Å². The molecule has 0 aliphatic carbocycles. The summed E-state index contributed by atoms with van der Waals surface area (Å²) < 4.78 is 27.4. The third-order valence-corrected chi connectivity index (χ3v) is 7.23. The minimum atomic E-state index is -3.71. The molecule has 2 atom stereocenters. The van der Waals surface area contributed by atoms with Crippen LogP contribution < -0.4 is 4.31 Å². The van der Waals surface area contributed by atoms with E-state index < -0.39 is 10.0 Å². The van der Waals surface area contributed by atoms with E-state index >= 15 is 0 Å². The second-order valence-electron chi connectivity index (χ2n) is 7.16. The van der Waals surface area contributed by atoms with E-state index in [4.69, 9.17) is 0 Å². The molecule has 3 rings (SSSR count). The van der Waals surface area contributed by atoms with E-state index in [-0.39, 0.29) is 29.2 Å². The first-order chi connectivity index (χ1) is 13.4. The van der Waals surface area contributed by atoms with Crippen molar-refractivity contribution in [2.45, 2.75) is 18.7 Å². The zero-order chi connectivity index (χ0) is 20.3. The number of rotatable bonds is 6. The number of likely N-dealkylation sites (tertiary alicyclic amines) is 1. The van der Waals surface area contributed by atoms with Gasteiger partial charge in [0.2, 0.25) is 0 Å². The molecule has 6 nitrogen and oxygen atoms in total. The molecule has 150 valence electrons. The lowest BCUT2D eigenvalue weighted by molar-refractivity contribution is 0.0780. The van der Waals surface area contributed by atoms with Crippen molar-refractivity contribution in [2.24, 2.45) is 11.8 Å². The molecule has 0 aromatic heterocycles. The van der Waals surface area contributed by atoms with Crippen molar-refractivity contribution in [3.8, 4) is 0 Å². The average molecular weight is 403 g/mol. The fourth-order valence-electron chi connectivity index (χ4n) is 3.60. The monoisotopic (exact) mass is 402 g/mol. The van der Waals surface area contributed by atoms with Crippen LogP contribution in [0.15, 0.2) is 59.5 Å². The standard InChI is InChI=1S/C21H26N2O4S/c1-3-23(19-7-5-4-6-8-19)28(26,27)20-11-9-17(10-12-20)21(25)22-13-16(2)18(14-22)15-24/h4-12,16,18,24H,3,13-15H2,1-2H3/t16-,18+/m1/s1. The molecule has 7 heteroatoms. The normalized spacial score (nSPS) is 19.6. The first-order valence-electron chi connectivity index (χ1n) is 9.46. The Morgan fingerprint density at radius 3 is 2.29 bits per heavy atom. The molecule has 1 fully saturated rings. The zero-order valence-corrected chi connectivity index (χ0v) is 17.0. The van der Waals surface area contributed by atoms with E-state index in [1.54, 1.807) is 48.2 Å². The predicted octanol–water partition coefficient (Wildman–Crippen LogP) is 2.60. The largest absolute Gasteiger partial charge is 0.396 e. The summed E-state index contributed by atoms with van der Waals surface area (Å²) in [5.41, 5.74) is 1.05. The van der Waals surface area contributed by atoms with Gasteiger partial charge < -0.3 is 10.0 Å². The van der Waals surface area contributed by atoms with Crippen LogP contribution in [-0.4, -0.2) is 50.6 Å². The van der Waals surface area contributed by atoms with Crippen LogP contribution in [0.4, 0.5) is 5.69 Å². The van der Waals surface area contributed by atoms with Gasteiger partial charge in [0.1, 0.15) is 0 Å². The molecule has 1 aliphatic heterocycles. The molecule has 2 aromatic rings. The van der Waals surface area contributed by atoms with Crippen molar-refractivity contribution < 1.29 is 18.3 Å². The van der Waals surface area contributed by atoms with E-state index in [9.17, 15) is 18.3 Å². The molecule has 0 unspecified atom stereocenters. The van der Waals surface area contributed by atoms with Gasteiger partial charge in [-0.05, 0) is 49.2 Å². The SMILES string of the molecule is CCN(c1ccccc1)S(=O)(=O)c1ccc(C(=O)N2C[C@@H](CO)[C@H](C)C2)cc1. The van der Waals surface area contributed by atoms with Crippen LogP contribution in [0.3, 0.4) is 0 Å². The van der Waals surface area contributed by atoms with Crippen molar-refractivity contribution in [3.63, 3.8) is 0 Å². The molecule has 1 heterocycles. The van der Waals surface area contributed by atoms with E-state index in [2.05, 4.69) is 0 Å². The van der Waals surface area contributed by atoms with E-state index in [0.717, 1.165) is 0 Å². The van der Waals surface area contributed by atoms with Crippen molar-refractivity contribution >= 4 is 21.6 Å². The summed E-state index contributed by atoms with van der Waals surface area (Å²) in [6.07, 6.45) is 0. The lowest BCUT2D eigenvalue weighted by Crippen LogP contribution is -2.31. The Hall–Kier alpha value is -2.38. The number of para-hydroxylation sites is 1. The molecule has 0 radical (unpaired) electrons. The number of anilines is 1. The topological polar surface area (TPSA) is 77.9 Å². The molecule has 28 heavy (non-hydrogen) atoms. The number of carbonyl (C=O) groups excluding carboxylic acids is 1. The summed E-state index contributed by atoms with van der Waals surface area (Å²) in [5, 5.41) is 9.39. The summed E-state index contributed by atoms with van der Waals surface area (Å²) in [4.78, 5) is 14.6. The molecule has 1 N–H and O–H groups in total. The second kappa shape index (κ2) is 8.32. The fraction of sp³-hybridized carbons (Fsp3) is 0.381. The van der Waals surface area contributed by atoms with Crippen LogP contribution in [0.2, 0.25) is 0 Å². The third-order valence-electron chi connectivity index (χ3n) is 5.31. The number of amides is 1. The van der Waals surface area contributed by atoms with Crippen LogP contribution in [-0.2, 0) is 10.0 Å². The van der Waals surface area contributed by atoms with Crippen molar-refractivity contribution in [1.29, 1.82) is 0 Å². The molecule has 1 aliphatic rings. The maximum Gasteiger partial charge on any atom is 0.264 e. The van der Waals surface area contributed by atoms with E-state index in [1.165, 1.54) is 16.4 Å². The molecule has 1 saturated heterocycles. The van der Waals surface area contributed by atoms with Gasteiger partial charge in [-0.3, -0.25) is 9.10 Å². The number of nitrogens with zero attached hydrogens (tertiary/aromatic N) is 2. The highest BCUT2D eigenvalue weighted by Crippen LogP contribution is 2.26. The smallest absolute Gasteiger partial charge is 0.264 e. The summed E-state index contributed by atoms with van der Waals surface area (Å²) in [6.45, 7) is 5.30. The highest BCUT2D eigenvalue weighted by atomic mass is 32.2. The van der Waals surface area contributed by atoms with Gasteiger partial charge >= 0.3 is 0 Å². The zero-order valence-electron chi connectivity index (χ0n) is 16.2. The van der Waals surface area contributed by atoms with Crippen molar-refractivity contribution in [1.82, 2.24) is 4.90 Å². The predicted molar refractivity (Wildman–Crippen MR) is 109 cm³/mol. The van der Waals surface area contributed by atoms with Crippen LogP contribution in [0.5, 0.6) is 0 Å². The highest BCUT2D eigenvalue weighted by molar-refractivity contribution is 7.92. The number of aliphatic hydroxyl groups excluding tert-OH is 1. The van der Waals surface area contributed by atoms with Gasteiger partial charge in [0.15, 0.2) is 0 Å². The van der Waals surface area contributed by atoms with Crippen molar-refractivity contribution in [2.75, 3.05) is 30.5 Å². The van der Waals surface area contributed by atoms with E-state index in [0.29, 0.717) is 30.9 Å². The Morgan fingerprint density at radius 2 is 1.75 bits per heavy atom. The van der Waals surface area contributed by atoms with Gasteiger partial charge in [-0.2, -0.15) is 0 Å². The molecular weight excluding hydrogens is 376 g/mol. The number of sulfonamides is 1. The molecule has 2 aromatic carbocycles. The van der Waals surface area contributed by atoms with Gasteiger partial charge in [-0.15, -0.1) is 0 Å². The number of aliphatic hydroxyl groups is 1. The van der Waals surface area contributed by atoms with Gasteiger partial charge in [0, 0.05) is 37.7 Å².